The van der Waals surface area contributed by atoms with Crippen LogP contribution in [0.25, 0.3) is 0 Å². The molecular weight excluding hydrogens is 237 g/mol. The van der Waals surface area contributed by atoms with Crippen molar-refractivity contribution in [3.63, 3.8) is 0 Å². The lowest BCUT2D eigenvalue weighted by atomic mass is 10.1. The number of esters is 1. The molecule has 0 atom stereocenters. The van der Waals surface area contributed by atoms with Crippen molar-refractivity contribution in [2.24, 2.45) is 0 Å². The predicted molar refractivity (Wildman–Crippen MR) is 49.8 cm³/mol. The number of hydrogen-bond donors (Lipinski definition) is 0. The normalized spacial score (nSPS) is 10.1. The Balaban J connectivity index is 3.43. The first-order valence-corrected chi connectivity index (χ1v) is 4.57. The minimum atomic E-state index is -3.10. The van der Waals surface area contributed by atoms with Crippen LogP contribution in [-0.4, -0.2) is 17.6 Å². The molecule has 0 bridgehead atoms. The zero-order chi connectivity index (χ0) is 13.0. The first kappa shape index (κ1) is 13.0. The third kappa shape index (κ3) is 2.72. The van der Waals surface area contributed by atoms with E-state index in [0.29, 0.717) is 6.07 Å². The van der Waals surface area contributed by atoms with E-state index in [1.807, 2.05) is 0 Å². The Hall–Kier alpha value is -2.10. The molecule has 0 saturated heterocycles. The van der Waals surface area contributed by atoms with E-state index in [1.165, 1.54) is 13.0 Å². The van der Waals surface area contributed by atoms with Crippen LogP contribution in [0.4, 0.5) is 13.2 Å². The molecule has 7 heteroatoms. The Morgan fingerprint density at radius 1 is 1.65 bits per heavy atom. The summed E-state index contributed by atoms with van der Waals surface area (Å²) in [7, 11) is 0. The summed E-state index contributed by atoms with van der Waals surface area (Å²) < 4.78 is 42.6. The van der Waals surface area contributed by atoms with Crippen LogP contribution in [-0.2, 0) is 4.74 Å². The highest BCUT2D eigenvalue weighted by molar-refractivity contribution is 5.93. The minimum absolute atomic E-state index is 0.0518. The predicted octanol–water partition coefficient (Wildman–Crippen LogP) is 2.21. The first-order chi connectivity index (χ1) is 8.01. The van der Waals surface area contributed by atoms with Gasteiger partial charge in [-0.25, -0.2) is 18.6 Å². The lowest BCUT2D eigenvalue weighted by Crippen LogP contribution is -2.13. The van der Waals surface area contributed by atoms with Gasteiger partial charge in [0.1, 0.15) is 11.6 Å². The number of nitrogens with zero attached hydrogens (tertiary/aromatic N) is 2. The molecule has 0 aromatic carbocycles. The van der Waals surface area contributed by atoms with Gasteiger partial charge >= 0.3 is 5.97 Å². The molecule has 1 rings (SSSR count). The van der Waals surface area contributed by atoms with E-state index in [9.17, 15) is 18.0 Å². The summed E-state index contributed by atoms with van der Waals surface area (Å²) >= 11 is 0. The molecule has 0 radical (unpaired) electrons. The van der Waals surface area contributed by atoms with Gasteiger partial charge in [-0.1, -0.05) is 0 Å². The summed E-state index contributed by atoms with van der Waals surface area (Å²) in [6.45, 7) is 1.42. The number of rotatable bonds is 3. The van der Waals surface area contributed by atoms with Gasteiger partial charge in [0, 0.05) is 11.6 Å². The fraction of sp³-hybridized carbons (Fsp3) is 0.300. The molecule has 1 aromatic heterocycles. The number of alkyl halides is 2. The summed E-state index contributed by atoms with van der Waals surface area (Å²) in [5.41, 5.74) is -2.29. The topological polar surface area (TPSA) is 63.0 Å². The SMILES string of the molecule is CCOC(=O)c1c(C(F)F)cc(F)nc1C#N. The van der Waals surface area contributed by atoms with Gasteiger partial charge in [0.15, 0.2) is 5.69 Å². The van der Waals surface area contributed by atoms with Crippen LogP contribution >= 0.6 is 0 Å². The zero-order valence-electron chi connectivity index (χ0n) is 8.71. The largest absolute Gasteiger partial charge is 0.462 e. The van der Waals surface area contributed by atoms with Crippen molar-refractivity contribution in [1.29, 1.82) is 5.26 Å². The van der Waals surface area contributed by atoms with Crippen LogP contribution in [0.2, 0.25) is 0 Å². The second kappa shape index (κ2) is 5.30. The van der Waals surface area contributed by atoms with Crippen molar-refractivity contribution >= 4 is 5.97 Å². The van der Waals surface area contributed by atoms with E-state index in [4.69, 9.17) is 5.26 Å². The van der Waals surface area contributed by atoms with Crippen LogP contribution < -0.4 is 0 Å². The van der Waals surface area contributed by atoms with Crippen LogP contribution in [0, 0.1) is 17.3 Å². The molecule has 0 amide bonds. The Bertz CT molecular complexity index is 483. The van der Waals surface area contributed by atoms with Crippen molar-refractivity contribution in [3.8, 4) is 6.07 Å². The van der Waals surface area contributed by atoms with Gasteiger partial charge in [-0.3, -0.25) is 0 Å². The molecule has 1 aromatic rings. The van der Waals surface area contributed by atoms with Gasteiger partial charge in [0.2, 0.25) is 5.95 Å². The van der Waals surface area contributed by atoms with Crippen LogP contribution in [0.5, 0.6) is 0 Å². The molecular formula is C10H7F3N2O2. The maximum Gasteiger partial charge on any atom is 0.341 e. The standard InChI is InChI=1S/C10H7F3N2O2/c1-2-17-10(16)8-5(9(12)13)3-7(11)15-6(8)4-14/h3,9H,2H2,1H3. The molecule has 0 N–H and O–H groups in total. The highest BCUT2D eigenvalue weighted by atomic mass is 19.3. The van der Waals surface area contributed by atoms with Gasteiger partial charge in [-0.2, -0.15) is 9.65 Å². The van der Waals surface area contributed by atoms with E-state index in [2.05, 4.69) is 9.72 Å². The van der Waals surface area contributed by atoms with Gasteiger partial charge in [-0.05, 0) is 6.92 Å². The summed E-state index contributed by atoms with van der Waals surface area (Å²) in [5.74, 6) is -2.36. The number of nitriles is 1. The fourth-order valence-corrected chi connectivity index (χ4v) is 1.20. The molecule has 90 valence electrons. The van der Waals surface area contributed by atoms with Crippen molar-refractivity contribution < 1.29 is 22.7 Å². The van der Waals surface area contributed by atoms with Gasteiger partial charge in [0.25, 0.3) is 6.43 Å². The third-order valence-corrected chi connectivity index (χ3v) is 1.84. The molecule has 17 heavy (non-hydrogen) atoms. The van der Waals surface area contributed by atoms with Gasteiger partial charge < -0.3 is 4.74 Å². The summed E-state index contributed by atoms with van der Waals surface area (Å²) in [4.78, 5) is 14.5. The quantitative estimate of drug-likeness (QED) is 0.604. The summed E-state index contributed by atoms with van der Waals surface area (Å²) in [5, 5.41) is 8.63. The molecule has 0 unspecified atom stereocenters. The van der Waals surface area contributed by atoms with Crippen LogP contribution in [0.15, 0.2) is 6.07 Å². The molecule has 4 nitrogen and oxygen atoms in total. The Kier molecular flexibility index (Phi) is 4.04. The van der Waals surface area contributed by atoms with Crippen LogP contribution in [0.3, 0.4) is 0 Å². The van der Waals surface area contributed by atoms with Crippen molar-refractivity contribution in [2.45, 2.75) is 13.3 Å². The summed E-state index contributed by atoms with van der Waals surface area (Å²) in [6.07, 6.45) is -3.10. The monoisotopic (exact) mass is 244 g/mol. The molecule has 0 saturated carbocycles. The number of halogens is 3. The van der Waals surface area contributed by atoms with Gasteiger partial charge in [-0.15, -0.1) is 0 Å². The number of carbonyl (C=O) groups excluding carboxylic acids is 1. The van der Waals surface area contributed by atoms with E-state index in [0.717, 1.165) is 0 Å². The highest BCUT2D eigenvalue weighted by Crippen LogP contribution is 2.25. The first-order valence-electron chi connectivity index (χ1n) is 4.57. The average molecular weight is 244 g/mol. The lowest BCUT2D eigenvalue weighted by molar-refractivity contribution is 0.0514. The van der Waals surface area contributed by atoms with Crippen molar-refractivity contribution in [3.05, 3.63) is 28.8 Å². The van der Waals surface area contributed by atoms with E-state index < -0.39 is 35.2 Å². The number of pyridine rings is 1. The van der Waals surface area contributed by atoms with E-state index >= 15 is 0 Å². The van der Waals surface area contributed by atoms with Gasteiger partial charge in [0.05, 0.1) is 6.61 Å². The Morgan fingerprint density at radius 2 is 2.29 bits per heavy atom. The molecule has 1 heterocycles. The molecule has 0 aliphatic carbocycles. The molecule has 0 aliphatic rings. The minimum Gasteiger partial charge on any atom is -0.462 e. The average Bonchev–Trinajstić information content (AvgIpc) is 2.27. The van der Waals surface area contributed by atoms with Crippen LogP contribution in [0.1, 0.15) is 35.0 Å². The second-order valence-corrected chi connectivity index (χ2v) is 2.89. The smallest absolute Gasteiger partial charge is 0.341 e. The summed E-state index contributed by atoms with van der Waals surface area (Å²) in [6, 6.07) is 1.80. The highest BCUT2D eigenvalue weighted by Gasteiger charge is 2.25. The number of carbonyl (C=O) groups is 1. The van der Waals surface area contributed by atoms with E-state index in [1.54, 1.807) is 0 Å². The molecule has 0 aliphatic heterocycles. The Labute approximate surface area is 94.6 Å². The second-order valence-electron chi connectivity index (χ2n) is 2.89. The van der Waals surface area contributed by atoms with Crippen molar-refractivity contribution in [1.82, 2.24) is 4.98 Å². The number of aromatic nitrogens is 1. The maximum absolute atomic E-state index is 12.9. The zero-order valence-corrected chi connectivity index (χ0v) is 8.71. The lowest BCUT2D eigenvalue weighted by Gasteiger charge is -2.09. The number of hydrogen-bond acceptors (Lipinski definition) is 4. The third-order valence-electron chi connectivity index (χ3n) is 1.84. The maximum atomic E-state index is 12.9. The molecule has 0 fully saturated rings. The Morgan fingerprint density at radius 3 is 2.76 bits per heavy atom. The van der Waals surface area contributed by atoms with Crippen molar-refractivity contribution in [2.75, 3.05) is 6.61 Å². The molecule has 0 spiro atoms. The fourth-order valence-electron chi connectivity index (χ4n) is 1.20. The van der Waals surface area contributed by atoms with E-state index in [-0.39, 0.29) is 6.61 Å². The number of ether oxygens (including phenoxy) is 1.